The summed E-state index contributed by atoms with van der Waals surface area (Å²) in [6, 6.07) is 21.2. The number of aromatic nitrogens is 8. The molecule has 0 radical (unpaired) electrons. The summed E-state index contributed by atoms with van der Waals surface area (Å²) >= 11 is 0. The second kappa shape index (κ2) is 10.2. The quantitative estimate of drug-likeness (QED) is 0.247. The van der Waals surface area contributed by atoms with Gasteiger partial charge in [0.1, 0.15) is 35.8 Å². The van der Waals surface area contributed by atoms with Crippen LogP contribution >= 0.6 is 0 Å². The Morgan fingerprint density at radius 1 is 0.959 bits per heavy atom. The summed E-state index contributed by atoms with van der Waals surface area (Å²) in [5.74, 6) is 1.34. The molecule has 3 aromatic carbocycles. The molecule has 0 saturated heterocycles. The normalized spacial score (nSPS) is 15.8. The maximum Gasteiger partial charge on any atom is 0.262 e. The van der Waals surface area contributed by atoms with Gasteiger partial charge in [-0.1, -0.05) is 42.5 Å². The number of ether oxygens (including phenoxy) is 1. The van der Waals surface area contributed by atoms with E-state index in [9.17, 15) is 9.90 Å². The number of benzene rings is 3. The zero-order valence-corrected chi connectivity index (χ0v) is 27.3. The number of phenols is 1. The molecule has 4 aromatic heterocycles. The molecule has 0 amide bonds. The number of fused-ring (bicyclic) bond motifs is 3. The molecule has 1 aliphatic heterocycles. The molecule has 244 valence electrons. The smallest absolute Gasteiger partial charge is 0.262 e. The molecule has 3 N–H and O–H groups in total. The lowest BCUT2D eigenvalue weighted by molar-refractivity contribution is 0.134. The third kappa shape index (κ3) is 4.36. The molecule has 1 fully saturated rings. The molecule has 0 spiro atoms. The zero-order valence-electron chi connectivity index (χ0n) is 27.3. The molecule has 12 heteroatoms. The van der Waals surface area contributed by atoms with Gasteiger partial charge in [-0.25, -0.2) is 19.6 Å². The van der Waals surface area contributed by atoms with Crippen LogP contribution in [-0.4, -0.2) is 49.8 Å². The zero-order chi connectivity index (χ0) is 33.7. The van der Waals surface area contributed by atoms with Crippen LogP contribution in [0, 0.1) is 0 Å². The number of aryl methyl sites for hydroxylation is 1. The van der Waals surface area contributed by atoms with E-state index < -0.39 is 11.1 Å². The summed E-state index contributed by atoms with van der Waals surface area (Å²) in [6.45, 7) is 4.11. The SMILES string of the molecule is Cn1nccc1-c1cccc2nc(Cn3nc(-c4ccc(O)c5c4CC(C)(C)O5)c4c(N)ncnc43)n(C3(c4ccccc4)CC3)c(=O)c12. The van der Waals surface area contributed by atoms with Gasteiger partial charge in [0, 0.05) is 36.4 Å². The lowest BCUT2D eigenvalue weighted by Gasteiger charge is -2.24. The van der Waals surface area contributed by atoms with E-state index in [4.69, 9.17) is 20.6 Å². The van der Waals surface area contributed by atoms with Gasteiger partial charge in [-0.2, -0.15) is 10.2 Å². The molecule has 49 heavy (non-hydrogen) atoms. The molecule has 5 heterocycles. The van der Waals surface area contributed by atoms with Crippen LogP contribution in [0.1, 0.15) is 43.6 Å². The number of phenolic OH excluding ortho intramolecular Hbond substituents is 1. The third-order valence-electron chi connectivity index (χ3n) is 9.85. The van der Waals surface area contributed by atoms with E-state index in [0.717, 1.165) is 40.8 Å². The Labute approximate surface area is 280 Å². The minimum absolute atomic E-state index is 0.0720. The fraction of sp³-hybridized carbons (Fsp3) is 0.243. The van der Waals surface area contributed by atoms with Gasteiger partial charge in [0.25, 0.3) is 5.56 Å². The van der Waals surface area contributed by atoms with Crippen LogP contribution in [0.3, 0.4) is 0 Å². The topological polar surface area (TPSA) is 152 Å². The van der Waals surface area contributed by atoms with Crippen LogP contribution in [0.15, 0.2) is 84.0 Å². The van der Waals surface area contributed by atoms with Crippen LogP contribution in [0.5, 0.6) is 11.5 Å². The van der Waals surface area contributed by atoms with Gasteiger partial charge in [0.15, 0.2) is 17.1 Å². The Morgan fingerprint density at radius 2 is 1.78 bits per heavy atom. The maximum atomic E-state index is 15.0. The van der Waals surface area contributed by atoms with Crippen LogP contribution in [0.2, 0.25) is 0 Å². The van der Waals surface area contributed by atoms with E-state index in [1.807, 2.05) is 74.0 Å². The number of rotatable bonds is 6. The van der Waals surface area contributed by atoms with Crippen molar-refractivity contribution in [3.63, 3.8) is 0 Å². The van der Waals surface area contributed by atoms with Gasteiger partial charge < -0.3 is 15.6 Å². The summed E-state index contributed by atoms with van der Waals surface area (Å²) in [6.07, 6.45) is 5.30. The molecule has 12 nitrogen and oxygen atoms in total. The summed E-state index contributed by atoms with van der Waals surface area (Å²) < 4.78 is 11.5. The fourth-order valence-corrected chi connectivity index (χ4v) is 7.51. The molecule has 2 aliphatic rings. The molecule has 0 unspecified atom stereocenters. The summed E-state index contributed by atoms with van der Waals surface area (Å²) in [7, 11) is 1.87. The average Bonchev–Trinajstić information content (AvgIpc) is 3.44. The predicted octanol–water partition coefficient (Wildman–Crippen LogP) is 5.19. The van der Waals surface area contributed by atoms with Crippen molar-refractivity contribution in [1.29, 1.82) is 0 Å². The first-order valence-electron chi connectivity index (χ1n) is 16.3. The van der Waals surface area contributed by atoms with Crippen molar-refractivity contribution in [2.24, 2.45) is 7.05 Å². The third-order valence-corrected chi connectivity index (χ3v) is 9.85. The number of hydrogen-bond acceptors (Lipinski definition) is 9. The van der Waals surface area contributed by atoms with Gasteiger partial charge in [-0.15, -0.1) is 0 Å². The van der Waals surface area contributed by atoms with Crippen molar-refractivity contribution >= 4 is 27.8 Å². The minimum Gasteiger partial charge on any atom is -0.504 e. The van der Waals surface area contributed by atoms with E-state index in [2.05, 4.69) is 27.2 Å². The van der Waals surface area contributed by atoms with Gasteiger partial charge in [-0.05, 0) is 56.5 Å². The Bertz CT molecular complexity index is 2530. The van der Waals surface area contributed by atoms with Crippen LogP contribution in [-0.2, 0) is 25.6 Å². The second-order valence-electron chi connectivity index (χ2n) is 13.5. The second-order valence-corrected chi connectivity index (χ2v) is 13.5. The van der Waals surface area contributed by atoms with E-state index in [1.165, 1.54) is 6.33 Å². The van der Waals surface area contributed by atoms with Gasteiger partial charge in [0.2, 0.25) is 0 Å². The number of nitrogens with zero attached hydrogens (tertiary/aromatic N) is 8. The van der Waals surface area contributed by atoms with Crippen molar-refractivity contribution in [2.45, 2.75) is 50.8 Å². The predicted molar refractivity (Wildman–Crippen MR) is 185 cm³/mol. The van der Waals surface area contributed by atoms with Crippen LogP contribution in [0.4, 0.5) is 5.82 Å². The number of hydrogen-bond donors (Lipinski definition) is 2. The monoisotopic (exact) mass is 651 g/mol. The molecule has 1 saturated carbocycles. The van der Waals surface area contributed by atoms with Crippen molar-refractivity contribution in [2.75, 3.05) is 5.73 Å². The highest BCUT2D eigenvalue weighted by Crippen LogP contribution is 2.50. The summed E-state index contributed by atoms with van der Waals surface area (Å²) in [5.41, 5.74) is 11.3. The first kappa shape index (κ1) is 29.1. The molecular formula is C37H33N9O3. The van der Waals surface area contributed by atoms with Crippen molar-refractivity contribution in [3.8, 4) is 34.0 Å². The van der Waals surface area contributed by atoms with Gasteiger partial charge >= 0.3 is 0 Å². The largest absolute Gasteiger partial charge is 0.504 e. The maximum absolute atomic E-state index is 15.0. The van der Waals surface area contributed by atoms with Crippen molar-refractivity contribution in [1.82, 2.24) is 39.1 Å². The average molecular weight is 652 g/mol. The van der Waals surface area contributed by atoms with E-state index in [1.54, 1.807) is 21.6 Å². The number of aromatic hydroxyl groups is 1. The van der Waals surface area contributed by atoms with Crippen molar-refractivity contribution in [3.05, 3.63) is 107 Å². The highest BCUT2D eigenvalue weighted by Gasteiger charge is 2.49. The molecule has 0 bridgehead atoms. The number of anilines is 1. The minimum atomic E-state index is -0.561. The Kier molecular flexibility index (Phi) is 6.08. The standard InChI is InChI=1S/C37H33N9O3/c1-36(2)18-24-22(12-13-27(47)32(24)49-36)31-30-33(38)39-20-40-34(30)45(43-31)19-28-42-25-11-7-10-23(26-14-17-41-44(26)3)29(25)35(48)46(28)37(15-16-37)21-8-5-4-6-9-21/h4-14,17,20,47H,15-16,18-19H2,1-3H3,(H2,38,39,40). The molecule has 7 aromatic rings. The molecular weight excluding hydrogens is 618 g/mol. The lowest BCUT2D eigenvalue weighted by Crippen LogP contribution is -2.36. The summed E-state index contributed by atoms with van der Waals surface area (Å²) in [5, 5.41) is 21.3. The first-order valence-corrected chi connectivity index (χ1v) is 16.3. The Balaban J connectivity index is 1.28. The lowest BCUT2D eigenvalue weighted by atomic mass is 9.95. The van der Waals surface area contributed by atoms with Crippen LogP contribution in [0.25, 0.3) is 44.5 Å². The number of nitrogens with two attached hydrogens (primary N) is 1. The summed E-state index contributed by atoms with van der Waals surface area (Å²) in [4.78, 5) is 29.1. The van der Waals surface area contributed by atoms with Gasteiger partial charge in [0.05, 0.1) is 27.5 Å². The highest BCUT2D eigenvalue weighted by atomic mass is 16.5. The molecule has 9 rings (SSSR count). The van der Waals surface area contributed by atoms with Crippen molar-refractivity contribution < 1.29 is 9.84 Å². The van der Waals surface area contributed by atoms with Gasteiger partial charge in [-0.3, -0.25) is 14.0 Å². The molecule has 1 aliphatic carbocycles. The Morgan fingerprint density at radius 3 is 2.53 bits per heavy atom. The van der Waals surface area contributed by atoms with E-state index in [-0.39, 0.29) is 23.7 Å². The fourth-order valence-electron chi connectivity index (χ4n) is 7.51. The van der Waals surface area contributed by atoms with E-state index >= 15 is 0 Å². The Hall–Kier alpha value is -6.04. The number of nitrogen functional groups attached to an aromatic ring is 1. The first-order chi connectivity index (χ1) is 23.6. The molecule has 0 atom stereocenters. The van der Waals surface area contributed by atoms with E-state index in [0.29, 0.717) is 45.6 Å². The highest BCUT2D eigenvalue weighted by molar-refractivity contribution is 5.99. The van der Waals surface area contributed by atoms with Crippen LogP contribution < -0.4 is 16.0 Å².